The standard InChI is InChI=1S/C49H62N4O9/c1-27-24-48(27,6)50-19-17-41(58)51-28(2)43(59)52-29(3)44(60)53-34-9-7-8-31(21-34)20-30-10-12-32(13-11-30)45-61-40-23-37-36-15-14-33-22-35(55)16-18-46(33,4)42(36)38(56)25-47(37,5)49(40,62-45)39(57)26-54/h7-13,16,18,21-22,27-29,36-38,40,42,45,50,54,56H,14-15,17,19-20,23-26H2,1-6H3,(H,51,58)(H,52,59)(H,53,60)/t27?,28-,29-,36-,37-,38-,40+,42+,45+,46-,47-,48?,49+/m0/s1. The highest BCUT2D eigenvalue weighted by Crippen LogP contribution is 2.70. The number of anilines is 1. The van der Waals surface area contributed by atoms with E-state index in [0.717, 1.165) is 41.5 Å². The first-order valence-corrected chi connectivity index (χ1v) is 22.3. The summed E-state index contributed by atoms with van der Waals surface area (Å²) in [6.07, 6.45) is 7.41. The van der Waals surface area contributed by atoms with Gasteiger partial charge in [0.2, 0.25) is 17.7 Å². The zero-order chi connectivity index (χ0) is 44.4. The van der Waals surface area contributed by atoms with E-state index < -0.39 is 71.2 Å². The van der Waals surface area contributed by atoms with Crippen molar-refractivity contribution < 1.29 is 43.7 Å². The minimum absolute atomic E-state index is 0.00629. The number of aliphatic hydroxyl groups is 2. The van der Waals surface area contributed by atoms with Gasteiger partial charge in [-0.3, -0.25) is 24.0 Å². The number of allylic oxidation sites excluding steroid dienone is 4. The lowest BCUT2D eigenvalue weighted by atomic mass is 9.46. The summed E-state index contributed by atoms with van der Waals surface area (Å²) in [4.78, 5) is 64.5. The molecule has 0 bridgehead atoms. The van der Waals surface area contributed by atoms with Gasteiger partial charge in [0.15, 0.2) is 23.5 Å². The van der Waals surface area contributed by atoms with E-state index in [1.165, 1.54) is 0 Å². The molecule has 6 aliphatic rings. The van der Waals surface area contributed by atoms with Gasteiger partial charge in [-0.1, -0.05) is 68.8 Å². The number of hydrogen-bond acceptors (Lipinski definition) is 10. The number of rotatable bonds is 14. The number of ether oxygens (including phenoxy) is 2. The summed E-state index contributed by atoms with van der Waals surface area (Å²) in [5, 5.41) is 34.0. The number of hydrogen-bond donors (Lipinski definition) is 6. The van der Waals surface area contributed by atoms with Crippen LogP contribution in [0.3, 0.4) is 0 Å². The van der Waals surface area contributed by atoms with Crippen LogP contribution in [0.15, 0.2) is 72.3 Å². The zero-order valence-electron chi connectivity index (χ0n) is 36.7. The molecule has 0 radical (unpaired) electrons. The minimum Gasteiger partial charge on any atom is -0.393 e. The number of ketones is 2. The predicted molar refractivity (Wildman–Crippen MR) is 231 cm³/mol. The smallest absolute Gasteiger partial charge is 0.246 e. The number of fused-ring (bicyclic) bond motifs is 7. The third-order valence-electron chi connectivity index (χ3n) is 15.7. The SMILES string of the molecule is CC1CC1(C)NCCC(=O)N[C@@H](C)C(=O)N[C@@H](C)C(=O)Nc1cccc(Cc2ccc([C@@H]3O[C@@H]4C[C@H]5[C@@H]6CCC7=CC(=O)C=C[C@]7(C)[C@H]6[C@@H](O)C[C@]5(C)[C@]4(C(=O)CO)O3)cc2)c1. The van der Waals surface area contributed by atoms with Crippen LogP contribution in [0.25, 0.3) is 0 Å². The van der Waals surface area contributed by atoms with Gasteiger partial charge in [-0.15, -0.1) is 0 Å². The molecule has 6 N–H and O–H groups in total. The van der Waals surface area contributed by atoms with Crippen molar-refractivity contribution in [1.82, 2.24) is 16.0 Å². The molecule has 5 aliphatic carbocycles. The van der Waals surface area contributed by atoms with Gasteiger partial charge in [0, 0.05) is 46.5 Å². The van der Waals surface area contributed by atoms with Gasteiger partial charge in [-0.2, -0.15) is 0 Å². The van der Waals surface area contributed by atoms with Crippen molar-refractivity contribution >= 4 is 35.0 Å². The van der Waals surface area contributed by atoms with Crippen molar-refractivity contribution in [2.75, 3.05) is 18.5 Å². The summed E-state index contributed by atoms with van der Waals surface area (Å²) in [6.45, 7) is 11.5. The highest BCUT2D eigenvalue weighted by molar-refractivity contribution is 6.01. The third kappa shape index (κ3) is 7.78. The second kappa shape index (κ2) is 16.5. The Morgan fingerprint density at radius 1 is 0.952 bits per heavy atom. The van der Waals surface area contributed by atoms with Crippen LogP contribution < -0.4 is 21.3 Å². The Hall–Kier alpha value is -4.53. The molecule has 332 valence electrons. The second-order valence-corrected chi connectivity index (χ2v) is 19.7. The summed E-state index contributed by atoms with van der Waals surface area (Å²) >= 11 is 0. The summed E-state index contributed by atoms with van der Waals surface area (Å²) in [6, 6.07) is 13.6. The zero-order valence-corrected chi connectivity index (χ0v) is 36.7. The topological polar surface area (TPSA) is 192 Å². The van der Waals surface area contributed by atoms with Crippen LogP contribution in [0.5, 0.6) is 0 Å². The van der Waals surface area contributed by atoms with E-state index >= 15 is 0 Å². The fourth-order valence-corrected chi connectivity index (χ4v) is 11.9. The molecule has 1 aliphatic heterocycles. The second-order valence-electron chi connectivity index (χ2n) is 19.7. The summed E-state index contributed by atoms with van der Waals surface area (Å²) in [7, 11) is 0. The Morgan fingerprint density at radius 3 is 2.39 bits per heavy atom. The van der Waals surface area contributed by atoms with E-state index in [0.29, 0.717) is 37.4 Å². The number of benzene rings is 2. The largest absolute Gasteiger partial charge is 0.393 e. The van der Waals surface area contributed by atoms with E-state index in [1.807, 2.05) is 55.5 Å². The molecule has 3 amide bonds. The first kappa shape index (κ1) is 44.1. The highest BCUT2D eigenvalue weighted by atomic mass is 16.7. The van der Waals surface area contributed by atoms with E-state index in [-0.39, 0.29) is 41.4 Å². The number of nitrogens with one attached hydrogen (secondary N) is 4. The fraction of sp³-hybridized carbons (Fsp3) is 0.571. The van der Waals surface area contributed by atoms with Crippen LogP contribution in [0.2, 0.25) is 0 Å². The van der Waals surface area contributed by atoms with E-state index in [9.17, 15) is 34.2 Å². The molecule has 8 rings (SSSR count). The first-order chi connectivity index (χ1) is 29.4. The maximum atomic E-state index is 14.0. The van der Waals surface area contributed by atoms with Gasteiger partial charge in [0.05, 0.1) is 12.2 Å². The maximum Gasteiger partial charge on any atom is 0.246 e. The minimum atomic E-state index is -1.43. The van der Waals surface area contributed by atoms with Crippen molar-refractivity contribution in [2.24, 2.45) is 34.5 Å². The van der Waals surface area contributed by atoms with Crippen LogP contribution in [0, 0.1) is 34.5 Å². The van der Waals surface area contributed by atoms with Gasteiger partial charge in [0.25, 0.3) is 0 Å². The van der Waals surface area contributed by atoms with Crippen LogP contribution in [0.1, 0.15) is 103 Å². The predicted octanol–water partition coefficient (Wildman–Crippen LogP) is 4.61. The average Bonchev–Trinajstić information content (AvgIpc) is 3.52. The fourth-order valence-electron chi connectivity index (χ4n) is 11.9. The lowest BCUT2D eigenvalue weighted by Crippen LogP contribution is -2.63. The van der Waals surface area contributed by atoms with Gasteiger partial charge < -0.3 is 41.0 Å². The highest BCUT2D eigenvalue weighted by Gasteiger charge is 2.76. The Morgan fingerprint density at radius 2 is 1.68 bits per heavy atom. The Balaban J connectivity index is 0.869. The van der Waals surface area contributed by atoms with Crippen LogP contribution in [0.4, 0.5) is 5.69 Å². The molecular weight excluding hydrogens is 789 g/mol. The molecule has 4 saturated carbocycles. The monoisotopic (exact) mass is 850 g/mol. The summed E-state index contributed by atoms with van der Waals surface area (Å²) in [5.74, 6) is -0.980. The number of amides is 3. The number of carbonyl (C=O) groups is 5. The molecule has 0 aromatic heterocycles. The van der Waals surface area contributed by atoms with Crippen LogP contribution in [-0.2, 0) is 39.9 Å². The third-order valence-corrected chi connectivity index (χ3v) is 15.7. The average molecular weight is 851 g/mol. The van der Waals surface area contributed by atoms with Crippen LogP contribution >= 0.6 is 0 Å². The van der Waals surface area contributed by atoms with Crippen molar-refractivity contribution in [3.63, 3.8) is 0 Å². The van der Waals surface area contributed by atoms with Crippen molar-refractivity contribution in [2.45, 2.75) is 128 Å². The van der Waals surface area contributed by atoms with Crippen molar-refractivity contribution in [1.29, 1.82) is 0 Å². The molecule has 2 unspecified atom stereocenters. The van der Waals surface area contributed by atoms with Crippen molar-refractivity contribution in [3.8, 4) is 0 Å². The lowest BCUT2D eigenvalue weighted by molar-refractivity contribution is -0.201. The Labute approximate surface area is 363 Å². The van der Waals surface area contributed by atoms with E-state index in [1.54, 1.807) is 32.1 Å². The van der Waals surface area contributed by atoms with Gasteiger partial charge in [-0.05, 0) is 112 Å². The van der Waals surface area contributed by atoms with Crippen molar-refractivity contribution in [3.05, 3.63) is 89.0 Å². The number of Topliss-reactive ketones (excluding diaryl/α,β-unsaturated/α-hetero) is 1. The van der Waals surface area contributed by atoms with E-state index in [2.05, 4.69) is 42.0 Å². The summed E-state index contributed by atoms with van der Waals surface area (Å²) in [5.41, 5.74) is 1.72. The van der Waals surface area contributed by atoms with Gasteiger partial charge in [0.1, 0.15) is 18.7 Å². The molecule has 13 heteroatoms. The van der Waals surface area contributed by atoms with Crippen LogP contribution in [-0.4, -0.2) is 88.1 Å². The maximum absolute atomic E-state index is 14.0. The lowest BCUT2D eigenvalue weighted by Gasteiger charge is -2.59. The number of carbonyl (C=O) groups excluding carboxylic acids is 5. The Kier molecular flexibility index (Phi) is 11.8. The molecule has 1 saturated heterocycles. The Bertz CT molecular complexity index is 2190. The normalized spacial score (nSPS) is 36.2. The molecule has 13 nitrogen and oxygen atoms in total. The van der Waals surface area contributed by atoms with E-state index in [4.69, 9.17) is 9.47 Å². The molecule has 1 heterocycles. The molecule has 13 atom stereocenters. The quantitative estimate of drug-likeness (QED) is 0.157. The molecule has 62 heavy (non-hydrogen) atoms. The van der Waals surface area contributed by atoms with Gasteiger partial charge in [-0.25, -0.2) is 0 Å². The first-order valence-electron chi connectivity index (χ1n) is 22.3. The molecule has 0 spiro atoms. The molecule has 5 fully saturated rings. The molecular formula is C49H62N4O9. The molecule has 2 aromatic carbocycles. The van der Waals surface area contributed by atoms with Gasteiger partial charge >= 0.3 is 0 Å². The molecule has 2 aromatic rings. The number of aliphatic hydroxyl groups excluding tert-OH is 2. The summed E-state index contributed by atoms with van der Waals surface area (Å²) < 4.78 is 13.4.